The SMILES string of the molecule is O=C(O)c1cc(OCCBr)ccc1-n1nccn1. The maximum atomic E-state index is 11.2. The summed E-state index contributed by atoms with van der Waals surface area (Å²) in [6.07, 6.45) is 2.97. The van der Waals surface area contributed by atoms with E-state index in [0.29, 0.717) is 23.4 Å². The molecule has 0 aliphatic carbocycles. The fourth-order valence-electron chi connectivity index (χ4n) is 1.45. The smallest absolute Gasteiger partial charge is 0.338 e. The summed E-state index contributed by atoms with van der Waals surface area (Å²) in [5.74, 6) is -0.547. The van der Waals surface area contributed by atoms with Crippen LogP contribution in [0, 0.1) is 0 Å². The molecule has 1 N–H and O–H groups in total. The van der Waals surface area contributed by atoms with Gasteiger partial charge in [-0.1, -0.05) is 15.9 Å². The van der Waals surface area contributed by atoms with Crippen molar-refractivity contribution in [3.8, 4) is 11.4 Å². The second-order valence-electron chi connectivity index (χ2n) is 3.34. The van der Waals surface area contributed by atoms with Crippen molar-refractivity contribution in [3.63, 3.8) is 0 Å². The topological polar surface area (TPSA) is 77.2 Å². The minimum absolute atomic E-state index is 0.0956. The normalized spacial score (nSPS) is 10.3. The summed E-state index contributed by atoms with van der Waals surface area (Å²) in [4.78, 5) is 12.5. The zero-order valence-electron chi connectivity index (χ0n) is 9.28. The summed E-state index contributed by atoms with van der Waals surface area (Å²) in [5.41, 5.74) is 0.497. The highest BCUT2D eigenvalue weighted by Gasteiger charge is 2.14. The van der Waals surface area contributed by atoms with Gasteiger partial charge in [-0.2, -0.15) is 15.0 Å². The molecule has 0 aliphatic heterocycles. The molecule has 18 heavy (non-hydrogen) atoms. The van der Waals surface area contributed by atoms with Crippen LogP contribution in [0.3, 0.4) is 0 Å². The third-order valence-electron chi connectivity index (χ3n) is 2.18. The molecular weight excluding hydrogens is 302 g/mol. The third-order valence-corrected chi connectivity index (χ3v) is 2.50. The fourth-order valence-corrected chi connectivity index (χ4v) is 1.61. The quantitative estimate of drug-likeness (QED) is 0.851. The number of alkyl halides is 1. The summed E-state index contributed by atoms with van der Waals surface area (Å²) >= 11 is 3.23. The lowest BCUT2D eigenvalue weighted by Gasteiger charge is -2.08. The Morgan fingerprint density at radius 1 is 1.39 bits per heavy atom. The van der Waals surface area contributed by atoms with E-state index < -0.39 is 5.97 Å². The van der Waals surface area contributed by atoms with E-state index in [2.05, 4.69) is 26.1 Å². The maximum Gasteiger partial charge on any atom is 0.338 e. The Bertz CT molecular complexity index is 542. The van der Waals surface area contributed by atoms with Crippen LogP contribution < -0.4 is 4.74 Å². The summed E-state index contributed by atoms with van der Waals surface area (Å²) in [7, 11) is 0. The molecule has 0 spiro atoms. The van der Waals surface area contributed by atoms with Crippen molar-refractivity contribution in [2.24, 2.45) is 0 Å². The number of hydrogen-bond donors (Lipinski definition) is 1. The molecule has 0 bridgehead atoms. The average Bonchev–Trinajstić information content (AvgIpc) is 2.89. The number of halogens is 1. The summed E-state index contributed by atoms with van der Waals surface area (Å²) in [5, 5.41) is 17.7. The minimum atomic E-state index is -1.05. The molecule has 1 aromatic heterocycles. The largest absolute Gasteiger partial charge is 0.493 e. The van der Waals surface area contributed by atoms with E-state index >= 15 is 0 Å². The van der Waals surface area contributed by atoms with Crippen molar-refractivity contribution in [3.05, 3.63) is 36.2 Å². The highest BCUT2D eigenvalue weighted by Crippen LogP contribution is 2.20. The average molecular weight is 312 g/mol. The van der Waals surface area contributed by atoms with Crippen LogP contribution in [0.5, 0.6) is 5.75 Å². The van der Waals surface area contributed by atoms with E-state index in [1.54, 1.807) is 12.1 Å². The molecule has 2 aromatic rings. The first-order valence-corrected chi connectivity index (χ1v) is 6.27. The first-order valence-electron chi connectivity index (χ1n) is 5.15. The molecule has 2 rings (SSSR count). The van der Waals surface area contributed by atoms with Crippen LogP contribution in [0.15, 0.2) is 30.6 Å². The fraction of sp³-hybridized carbons (Fsp3) is 0.182. The number of rotatable bonds is 5. The molecule has 6 nitrogen and oxygen atoms in total. The van der Waals surface area contributed by atoms with E-state index in [-0.39, 0.29) is 5.56 Å². The Morgan fingerprint density at radius 2 is 2.11 bits per heavy atom. The number of carboxylic acid groups (broad SMARTS) is 1. The number of nitrogens with zero attached hydrogens (tertiary/aromatic N) is 3. The molecule has 0 unspecified atom stereocenters. The second kappa shape index (κ2) is 5.63. The molecule has 94 valence electrons. The molecule has 0 atom stereocenters. The maximum absolute atomic E-state index is 11.2. The van der Waals surface area contributed by atoms with Gasteiger partial charge < -0.3 is 9.84 Å². The standard InChI is InChI=1S/C11H10BrN3O3/c12-3-6-18-8-1-2-10(9(7-8)11(16)17)15-13-4-5-14-15/h1-2,4-5,7H,3,6H2,(H,16,17). The molecule has 0 saturated heterocycles. The van der Waals surface area contributed by atoms with Crippen molar-refractivity contribution >= 4 is 21.9 Å². The van der Waals surface area contributed by atoms with Gasteiger partial charge in [0, 0.05) is 5.33 Å². The van der Waals surface area contributed by atoms with E-state index in [4.69, 9.17) is 4.74 Å². The van der Waals surface area contributed by atoms with Crippen molar-refractivity contribution in [1.82, 2.24) is 15.0 Å². The Morgan fingerprint density at radius 3 is 2.72 bits per heavy atom. The second-order valence-corrected chi connectivity index (χ2v) is 4.13. The van der Waals surface area contributed by atoms with Crippen LogP contribution in [0.1, 0.15) is 10.4 Å². The van der Waals surface area contributed by atoms with Crippen molar-refractivity contribution in [1.29, 1.82) is 0 Å². The molecule has 0 fully saturated rings. The zero-order chi connectivity index (χ0) is 13.0. The van der Waals surface area contributed by atoms with Crippen LogP contribution in [-0.4, -0.2) is 38.0 Å². The van der Waals surface area contributed by atoms with Crippen molar-refractivity contribution < 1.29 is 14.6 Å². The van der Waals surface area contributed by atoms with E-state index in [1.165, 1.54) is 23.3 Å². The van der Waals surface area contributed by atoms with Gasteiger partial charge in [0.2, 0.25) is 0 Å². The zero-order valence-corrected chi connectivity index (χ0v) is 10.9. The molecule has 0 aliphatic rings. The first kappa shape index (κ1) is 12.6. The number of hydrogen-bond acceptors (Lipinski definition) is 4. The van der Waals surface area contributed by atoms with Gasteiger partial charge in [0.25, 0.3) is 0 Å². The molecule has 0 radical (unpaired) electrons. The van der Waals surface area contributed by atoms with Gasteiger partial charge in [-0.15, -0.1) is 0 Å². The number of ether oxygens (including phenoxy) is 1. The lowest BCUT2D eigenvalue weighted by molar-refractivity contribution is 0.0696. The van der Waals surface area contributed by atoms with Gasteiger partial charge in [-0.25, -0.2) is 4.79 Å². The van der Waals surface area contributed by atoms with Gasteiger partial charge in [-0.3, -0.25) is 0 Å². The lowest BCUT2D eigenvalue weighted by Crippen LogP contribution is -2.08. The van der Waals surface area contributed by atoms with Gasteiger partial charge >= 0.3 is 5.97 Å². The summed E-state index contributed by atoms with van der Waals surface area (Å²) in [6, 6.07) is 4.77. The summed E-state index contributed by atoms with van der Waals surface area (Å²) < 4.78 is 5.36. The predicted octanol–water partition coefficient (Wildman–Crippen LogP) is 1.74. The van der Waals surface area contributed by atoms with Gasteiger partial charge in [0.15, 0.2) is 0 Å². The third kappa shape index (κ3) is 2.67. The number of carboxylic acids is 1. The van der Waals surface area contributed by atoms with E-state index in [0.717, 1.165) is 0 Å². The lowest BCUT2D eigenvalue weighted by atomic mass is 10.1. The Labute approximate surface area is 111 Å². The Kier molecular flexibility index (Phi) is 3.93. The first-order chi connectivity index (χ1) is 8.72. The molecule has 0 amide bonds. The molecular formula is C11H10BrN3O3. The minimum Gasteiger partial charge on any atom is -0.493 e. The highest BCUT2D eigenvalue weighted by molar-refractivity contribution is 9.09. The summed E-state index contributed by atoms with van der Waals surface area (Å²) in [6.45, 7) is 0.471. The van der Waals surface area contributed by atoms with Crippen LogP contribution in [0.2, 0.25) is 0 Å². The molecule has 0 saturated carbocycles. The van der Waals surface area contributed by atoms with Gasteiger partial charge in [0.1, 0.15) is 11.4 Å². The van der Waals surface area contributed by atoms with Gasteiger partial charge in [0.05, 0.1) is 24.6 Å². The van der Waals surface area contributed by atoms with E-state index in [1.807, 2.05) is 0 Å². The van der Waals surface area contributed by atoms with Crippen LogP contribution in [0.25, 0.3) is 5.69 Å². The van der Waals surface area contributed by atoms with Crippen molar-refractivity contribution in [2.45, 2.75) is 0 Å². The van der Waals surface area contributed by atoms with Crippen molar-refractivity contribution in [2.75, 3.05) is 11.9 Å². The molecule has 1 heterocycles. The monoisotopic (exact) mass is 311 g/mol. The van der Waals surface area contributed by atoms with E-state index in [9.17, 15) is 9.90 Å². The number of carbonyl (C=O) groups is 1. The number of aromatic carboxylic acids is 1. The van der Waals surface area contributed by atoms with Gasteiger partial charge in [-0.05, 0) is 18.2 Å². The predicted molar refractivity (Wildman–Crippen MR) is 67.6 cm³/mol. The molecule has 1 aromatic carbocycles. The Balaban J connectivity index is 2.39. The molecule has 7 heteroatoms. The Hall–Kier alpha value is -1.89. The number of aromatic nitrogens is 3. The number of benzene rings is 1. The highest BCUT2D eigenvalue weighted by atomic mass is 79.9. The van der Waals surface area contributed by atoms with Crippen LogP contribution in [0.4, 0.5) is 0 Å². The van der Waals surface area contributed by atoms with Crippen LogP contribution >= 0.6 is 15.9 Å². The van der Waals surface area contributed by atoms with Crippen LogP contribution in [-0.2, 0) is 0 Å².